The summed E-state index contributed by atoms with van der Waals surface area (Å²) in [5.74, 6) is 0. The first kappa shape index (κ1) is 12.7. The van der Waals surface area contributed by atoms with Gasteiger partial charge >= 0.3 is 0 Å². The van der Waals surface area contributed by atoms with Crippen molar-refractivity contribution < 1.29 is 0 Å². The van der Waals surface area contributed by atoms with Crippen LogP contribution >= 0.6 is 0 Å². The van der Waals surface area contributed by atoms with Crippen molar-refractivity contribution >= 4 is 10.9 Å². The van der Waals surface area contributed by atoms with E-state index in [1.54, 1.807) is 11.1 Å². The van der Waals surface area contributed by atoms with Gasteiger partial charge in [0.2, 0.25) is 0 Å². The molecular formula is C17H24N2. The maximum atomic E-state index is 6.10. The van der Waals surface area contributed by atoms with Crippen molar-refractivity contribution in [2.45, 2.75) is 57.9 Å². The molecule has 1 aromatic carbocycles. The van der Waals surface area contributed by atoms with Crippen LogP contribution in [0.25, 0.3) is 10.9 Å². The Morgan fingerprint density at radius 3 is 2.63 bits per heavy atom. The topological polar surface area (TPSA) is 41.8 Å². The van der Waals surface area contributed by atoms with Gasteiger partial charge in [0.15, 0.2) is 0 Å². The van der Waals surface area contributed by atoms with Gasteiger partial charge in [-0.15, -0.1) is 0 Å². The first-order valence-corrected chi connectivity index (χ1v) is 7.65. The Hall–Kier alpha value is -1.28. The highest BCUT2D eigenvalue weighted by atomic mass is 14.7. The minimum atomic E-state index is 0.276. The number of nitrogens with two attached hydrogens (primary N) is 1. The highest BCUT2D eigenvalue weighted by molar-refractivity contribution is 5.85. The Balaban J connectivity index is 2.00. The number of nitrogens with one attached hydrogen (secondary N) is 1. The van der Waals surface area contributed by atoms with Gasteiger partial charge < -0.3 is 10.7 Å². The van der Waals surface area contributed by atoms with E-state index in [1.807, 2.05) is 0 Å². The van der Waals surface area contributed by atoms with Gasteiger partial charge in [-0.3, -0.25) is 0 Å². The Labute approximate surface area is 115 Å². The molecule has 0 spiro atoms. The first-order valence-electron chi connectivity index (χ1n) is 7.65. The molecule has 2 nitrogen and oxygen atoms in total. The number of benzene rings is 1. The van der Waals surface area contributed by atoms with Crippen molar-refractivity contribution in [1.82, 2.24) is 4.98 Å². The summed E-state index contributed by atoms with van der Waals surface area (Å²) in [6.45, 7) is 2.16. The van der Waals surface area contributed by atoms with E-state index in [1.165, 1.54) is 48.6 Å². The fraction of sp³-hybridized carbons (Fsp3) is 0.529. The number of fused-ring (bicyclic) bond motifs is 2. The summed E-state index contributed by atoms with van der Waals surface area (Å²) >= 11 is 0. The molecule has 2 aromatic rings. The minimum absolute atomic E-state index is 0.276. The lowest BCUT2D eigenvalue weighted by Crippen LogP contribution is -2.21. The van der Waals surface area contributed by atoms with Crippen LogP contribution in [-0.2, 0) is 19.3 Å². The molecule has 0 aliphatic heterocycles. The summed E-state index contributed by atoms with van der Waals surface area (Å²) in [4.78, 5) is 3.43. The Morgan fingerprint density at radius 1 is 1.16 bits per heavy atom. The zero-order chi connectivity index (χ0) is 13.2. The maximum Gasteiger partial charge on any atom is 0.0459 e. The van der Waals surface area contributed by atoms with Gasteiger partial charge in [-0.05, 0) is 67.3 Å². The highest BCUT2D eigenvalue weighted by Gasteiger charge is 2.13. The molecule has 1 unspecified atom stereocenters. The second kappa shape index (κ2) is 5.38. The molecule has 1 atom stereocenters. The highest BCUT2D eigenvalue weighted by Crippen LogP contribution is 2.28. The van der Waals surface area contributed by atoms with E-state index in [0.717, 1.165) is 12.8 Å². The molecule has 102 valence electrons. The van der Waals surface area contributed by atoms with E-state index in [9.17, 15) is 0 Å². The molecule has 1 aliphatic carbocycles. The van der Waals surface area contributed by atoms with E-state index >= 15 is 0 Å². The van der Waals surface area contributed by atoms with Crippen LogP contribution in [0.3, 0.4) is 0 Å². The van der Waals surface area contributed by atoms with Crippen LogP contribution in [0.15, 0.2) is 18.3 Å². The minimum Gasteiger partial charge on any atom is -0.361 e. The zero-order valence-electron chi connectivity index (χ0n) is 11.8. The van der Waals surface area contributed by atoms with Crippen molar-refractivity contribution in [2.75, 3.05) is 0 Å². The third-order valence-electron chi connectivity index (χ3n) is 4.49. The molecule has 0 fully saturated rings. The van der Waals surface area contributed by atoms with Crippen molar-refractivity contribution in [1.29, 1.82) is 0 Å². The lowest BCUT2D eigenvalue weighted by Gasteiger charge is -2.09. The van der Waals surface area contributed by atoms with Crippen molar-refractivity contribution in [3.05, 3.63) is 35.0 Å². The average molecular weight is 256 g/mol. The normalized spacial score (nSPS) is 17.2. The fourth-order valence-corrected chi connectivity index (χ4v) is 3.19. The molecule has 2 heteroatoms. The summed E-state index contributed by atoms with van der Waals surface area (Å²) in [5, 5.41) is 1.39. The molecule has 1 aliphatic rings. The number of aryl methyl sites for hydroxylation is 2. The SMILES string of the molecule is CCC(N)Cc1c[nH]c2cc3c(cc12)CCCCC3. The summed E-state index contributed by atoms with van der Waals surface area (Å²) in [6.07, 6.45) is 10.7. The number of rotatable bonds is 3. The van der Waals surface area contributed by atoms with Crippen molar-refractivity contribution in [3.63, 3.8) is 0 Å². The summed E-state index contributed by atoms with van der Waals surface area (Å²) in [7, 11) is 0. The Kier molecular flexibility index (Phi) is 3.61. The van der Waals surface area contributed by atoms with Gasteiger partial charge in [0.05, 0.1) is 0 Å². The third-order valence-corrected chi connectivity index (χ3v) is 4.49. The van der Waals surface area contributed by atoms with Crippen LogP contribution in [0.2, 0.25) is 0 Å². The number of aromatic nitrogens is 1. The molecule has 1 aromatic heterocycles. The molecular weight excluding hydrogens is 232 g/mol. The summed E-state index contributed by atoms with van der Waals surface area (Å²) < 4.78 is 0. The first-order chi connectivity index (χ1) is 9.28. The number of aromatic amines is 1. The quantitative estimate of drug-likeness (QED) is 0.807. The molecule has 19 heavy (non-hydrogen) atoms. The fourth-order valence-electron chi connectivity index (χ4n) is 3.19. The lowest BCUT2D eigenvalue weighted by atomic mass is 9.97. The molecule has 0 amide bonds. The number of hydrogen-bond acceptors (Lipinski definition) is 1. The summed E-state index contributed by atoms with van der Waals surface area (Å²) in [6, 6.07) is 5.07. The van der Waals surface area contributed by atoms with Crippen LogP contribution in [-0.4, -0.2) is 11.0 Å². The molecule has 0 radical (unpaired) electrons. The monoisotopic (exact) mass is 256 g/mol. The van der Waals surface area contributed by atoms with E-state index in [-0.39, 0.29) is 6.04 Å². The second-order valence-corrected chi connectivity index (χ2v) is 5.91. The van der Waals surface area contributed by atoms with Crippen molar-refractivity contribution in [2.24, 2.45) is 5.73 Å². The largest absolute Gasteiger partial charge is 0.361 e. The zero-order valence-corrected chi connectivity index (χ0v) is 11.8. The van der Waals surface area contributed by atoms with Crippen LogP contribution in [0.1, 0.15) is 49.3 Å². The van der Waals surface area contributed by atoms with Gasteiger partial charge in [0.25, 0.3) is 0 Å². The predicted molar refractivity (Wildman–Crippen MR) is 81.5 cm³/mol. The van der Waals surface area contributed by atoms with Gasteiger partial charge in [0, 0.05) is 23.1 Å². The van der Waals surface area contributed by atoms with Gasteiger partial charge in [-0.1, -0.05) is 13.3 Å². The van der Waals surface area contributed by atoms with Crippen LogP contribution < -0.4 is 5.73 Å². The molecule has 3 rings (SSSR count). The smallest absolute Gasteiger partial charge is 0.0459 e. The standard InChI is InChI=1S/C17H24N2/c1-2-15(18)8-14-11-19-17-10-13-7-5-3-4-6-12(13)9-16(14)17/h9-11,15,19H,2-8,18H2,1H3. The molecule has 3 N–H and O–H groups in total. The van der Waals surface area contributed by atoms with Crippen LogP contribution in [0.5, 0.6) is 0 Å². The second-order valence-electron chi connectivity index (χ2n) is 5.91. The van der Waals surface area contributed by atoms with E-state index in [2.05, 4.69) is 30.2 Å². The van der Waals surface area contributed by atoms with Gasteiger partial charge in [-0.25, -0.2) is 0 Å². The average Bonchev–Trinajstić information content (AvgIpc) is 2.66. The summed E-state index contributed by atoms with van der Waals surface area (Å²) in [5.41, 5.74) is 11.9. The van der Waals surface area contributed by atoms with Crippen LogP contribution in [0, 0.1) is 0 Å². The molecule has 0 saturated carbocycles. The third kappa shape index (κ3) is 2.55. The molecule has 0 saturated heterocycles. The number of H-pyrrole nitrogens is 1. The maximum absolute atomic E-state index is 6.10. The Bertz CT molecular complexity index is 568. The van der Waals surface area contributed by atoms with Crippen molar-refractivity contribution in [3.8, 4) is 0 Å². The molecule has 1 heterocycles. The van der Waals surface area contributed by atoms with E-state index < -0.39 is 0 Å². The van der Waals surface area contributed by atoms with E-state index in [4.69, 9.17) is 5.73 Å². The van der Waals surface area contributed by atoms with E-state index in [0.29, 0.717) is 0 Å². The molecule has 0 bridgehead atoms. The van der Waals surface area contributed by atoms with Gasteiger partial charge in [0.1, 0.15) is 0 Å². The van der Waals surface area contributed by atoms with Crippen LogP contribution in [0.4, 0.5) is 0 Å². The number of hydrogen-bond donors (Lipinski definition) is 2. The van der Waals surface area contributed by atoms with Gasteiger partial charge in [-0.2, -0.15) is 0 Å². The lowest BCUT2D eigenvalue weighted by molar-refractivity contribution is 0.648. The predicted octanol–water partition coefficient (Wildman–Crippen LogP) is 3.72. The Morgan fingerprint density at radius 2 is 1.89 bits per heavy atom.